The van der Waals surface area contributed by atoms with Crippen molar-refractivity contribution >= 4 is 62.4 Å². The number of anilines is 1. The van der Waals surface area contributed by atoms with Crippen molar-refractivity contribution in [3.05, 3.63) is 95.0 Å². The molecular weight excluding hydrogens is 454 g/mol. The average Bonchev–Trinajstić information content (AvgIpc) is 3.22. The third-order valence-corrected chi connectivity index (χ3v) is 5.78. The summed E-state index contributed by atoms with van der Waals surface area (Å²) in [5, 5.41) is 8.13. The summed E-state index contributed by atoms with van der Waals surface area (Å²) in [5.74, 6) is 0.237. The molecule has 5 nitrogen and oxygen atoms in total. The summed E-state index contributed by atoms with van der Waals surface area (Å²) in [6.45, 7) is 2.02. The molecule has 0 spiro atoms. The number of carbonyl (C=O) groups is 1. The quantitative estimate of drug-likeness (QED) is 0.285. The number of aryl methyl sites for hydroxylation is 1. The molecule has 1 heterocycles. The van der Waals surface area contributed by atoms with Crippen molar-refractivity contribution in [2.45, 2.75) is 6.92 Å². The number of rotatable bonds is 3. The van der Waals surface area contributed by atoms with Crippen molar-refractivity contribution in [1.82, 2.24) is 10.3 Å². The molecule has 0 aliphatic rings. The molecule has 0 aliphatic heterocycles. The summed E-state index contributed by atoms with van der Waals surface area (Å²) < 4.78 is 5.89. The number of hydrogen-bond acceptors (Lipinski definition) is 4. The van der Waals surface area contributed by atoms with E-state index in [4.69, 9.17) is 28.2 Å². The second-order valence-corrected chi connectivity index (χ2v) is 8.44. The van der Waals surface area contributed by atoms with E-state index >= 15 is 0 Å². The Hall–Kier alpha value is -3.74. The molecule has 7 heteroatoms. The number of hydrogen-bond donors (Lipinski definition) is 2. The van der Waals surface area contributed by atoms with Gasteiger partial charge in [0.1, 0.15) is 5.52 Å². The van der Waals surface area contributed by atoms with Gasteiger partial charge in [-0.15, -0.1) is 0 Å². The highest BCUT2D eigenvalue weighted by atomic mass is 35.5. The second-order valence-electron chi connectivity index (χ2n) is 7.62. The van der Waals surface area contributed by atoms with Gasteiger partial charge in [0, 0.05) is 27.2 Å². The highest BCUT2D eigenvalue weighted by Crippen LogP contribution is 2.27. The molecule has 0 unspecified atom stereocenters. The first-order valence-corrected chi connectivity index (χ1v) is 11.0. The van der Waals surface area contributed by atoms with Crippen molar-refractivity contribution in [1.29, 1.82) is 0 Å². The van der Waals surface area contributed by atoms with Crippen molar-refractivity contribution in [2.75, 3.05) is 5.32 Å². The Morgan fingerprint density at radius 3 is 2.61 bits per heavy atom. The van der Waals surface area contributed by atoms with Gasteiger partial charge in [-0.2, -0.15) is 0 Å². The molecule has 0 saturated heterocycles. The Kier molecular flexibility index (Phi) is 5.54. The van der Waals surface area contributed by atoms with E-state index in [1.54, 1.807) is 18.2 Å². The second kappa shape index (κ2) is 8.65. The minimum absolute atomic E-state index is 0.181. The highest BCUT2D eigenvalue weighted by Gasteiger charge is 2.14. The van der Waals surface area contributed by atoms with Gasteiger partial charge < -0.3 is 9.73 Å². The van der Waals surface area contributed by atoms with Crippen molar-refractivity contribution in [3.63, 3.8) is 0 Å². The van der Waals surface area contributed by atoms with E-state index in [2.05, 4.69) is 15.6 Å². The summed E-state index contributed by atoms with van der Waals surface area (Å²) >= 11 is 11.6. The van der Waals surface area contributed by atoms with Crippen LogP contribution in [0.2, 0.25) is 5.02 Å². The van der Waals surface area contributed by atoms with Crippen LogP contribution < -0.4 is 10.6 Å². The molecular formula is C26H18ClN3O2S. The normalized spacial score (nSPS) is 11.0. The number of fused-ring (bicyclic) bond motifs is 2. The minimum Gasteiger partial charge on any atom is -0.436 e. The van der Waals surface area contributed by atoms with Crippen LogP contribution in [0.5, 0.6) is 0 Å². The van der Waals surface area contributed by atoms with E-state index in [9.17, 15) is 4.79 Å². The maximum Gasteiger partial charge on any atom is 0.258 e. The molecule has 1 amide bonds. The molecule has 5 aromatic rings. The minimum atomic E-state index is -0.315. The first-order valence-electron chi connectivity index (χ1n) is 10.3. The fraction of sp³-hybridized carbons (Fsp3) is 0.0385. The molecule has 33 heavy (non-hydrogen) atoms. The number of aromatic nitrogens is 1. The summed E-state index contributed by atoms with van der Waals surface area (Å²) in [6, 6.07) is 24.3. The van der Waals surface area contributed by atoms with E-state index in [1.165, 1.54) is 0 Å². The highest BCUT2D eigenvalue weighted by molar-refractivity contribution is 7.80. The molecule has 0 fully saturated rings. The van der Waals surface area contributed by atoms with Crippen molar-refractivity contribution in [3.8, 4) is 11.5 Å². The van der Waals surface area contributed by atoms with Crippen molar-refractivity contribution < 1.29 is 9.21 Å². The van der Waals surface area contributed by atoms with Crippen LogP contribution in [0, 0.1) is 6.92 Å². The van der Waals surface area contributed by atoms with Gasteiger partial charge in [-0.25, -0.2) is 4.98 Å². The molecule has 4 aromatic carbocycles. The lowest BCUT2D eigenvalue weighted by molar-refractivity contribution is 0.0979. The number of amides is 1. The topological polar surface area (TPSA) is 67.2 Å². The zero-order valence-electron chi connectivity index (χ0n) is 17.6. The van der Waals surface area contributed by atoms with Crippen LogP contribution in [-0.4, -0.2) is 16.0 Å². The van der Waals surface area contributed by atoms with E-state index in [-0.39, 0.29) is 11.0 Å². The smallest absolute Gasteiger partial charge is 0.258 e. The number of nitrogens with one attached hydrogen (secondary N) is 2. The van der Waals surface area contributed by atoms with Crippen LogP contribution >= 0.6 is 23.8 Å². The summed E-state index contributed by atoms with van der Waals surface area (Å²) in [6.07, 6.45) is 0. The van der Waals surface area contributed by atoms with Crippen LogP contribution in [0.4, 0.5) is 5.69 Å². The molecule has 5 rings (SSSR count). The van der Waals surface area contributed by atoms with Crippen molar-refractivity contribution in [2.24, 2.45) is 0 Å². The number of benzene rings is 4. The zero-order chi connectivity index (χ0) is 22.9. The number of nitrogens with zero attached hydrogens (tertiary/aromatic N) is 1. The monoisotopic (exact) mass is 471 g/mol. The molecule has 0 atom stereocenters. The molecule has 0 aliphatic carbocycles. The van der Waals surface area contributed by atoms with Crippen LogP contribution in [-0.2, 0) is 0 Å². The zero-order valence-corrected chi connectivity index (χ0v) is 19.1. The first-order chi connectivity index (χ1) is 16.0. The third kappa shape index (κ3) is 4.31. The molecule has 2 N–H and O–H groups in total. The fourth-order valence-corrected chi connectivity index (χ4v) is 4.16. The lowest BCUT2D eigenvalue weighted by atomic mass is 10.0. The van der Waals surface area contributed by atoms with E-state index in [0.29, 0.717) is 33.3 Å². The maximum absolute atomic E-state index is 12.9. The van der Waals surface area contributed by atoms with Gasteiger partial charge >= 0.3 is 0 Å². The standard InChI is InChI=1S/C26H18ClN3O2S/c1-15-5-2-6-16(13-15)25-29-22-14-17(11-12-23(22)32-25)28-26(33)30-24(31)20-9-3-8-19-18(20)7-4-10-21(19)27/h2-14H,1H3,(H2,28,30,31,33). The Labute approximate surface area is 200 Å². The van der Waals surface area contributed by atoms with Crippen LogP contribution in [0.3, 0.4) is 0 Å². The SMILES string of the molecule is Cc1cccc(-c2nc3cc(NC(=S)NC(=O)c4cccc5c(Cl)cccc45)ccc3o2)c1. The van der Waals surface area contributed by atoms with Crippen LogP contribution in [0.15, 0.2) is 83.3 Å². The Balaban J connectivity index is 1.34. The molecule has 162 valence electrons. The summed E-state index contributed by atoms with van der Waals surface area (Å²) in [5.41, 5.74) is 4.59. The third-order valence-electron chi connectivity index (χ3n) is 5.25. The Morgan fingerprint density at radius 2 is 1.76 bits per heavy atom. The van der Waals surface area contributed by atoms with Gasteiger partial charge in [0.05, 0.1) is 0 Å². The molecule has 0 bridgehead atoms. The number of carbonyl (C=O) groups excluding carboxylic acids is 1. The van der Waals surface area contributed by atoms with Gasteiger partial charge in [-0.1, -0.05) is 53.6 Å². The fourth-order valence-electron chi connectivity index (χ4n) is 3.71. The summed E-state index contributed by atoms with van der Waals surface area (Å²) in [7, 11) is 0. The number of thiocarbonyl (C=S) groups is 1. The molecule has 0 saturated carbocycles. The van der Waals surface area contributed by atoms with E-state index in [1.807, 2.05) is 67.6 Å². The Bertz CT molecular complexity index is 1540. The van der Waals surface area contributed by atoms with Gasteiger partial charge in [0.25, 0.3) is 5.91 Å². The lowest BCUT2D eigenvalue weighted by Crippen LogP contribution is -2.34. The van der Waals surface area contributed by atoms with Crippen LogP contribution in [0.25, 0.3) is 33.3 Å². The molecule has 1 aromatic heterocycles. The van der Waals surface area contributed by atoms with E-state index in [0.717, 1.165) is 21.9 Å². The predicted octanol–water partition coefficient (Wildman–Crippen LogP) is 6.74. The van der Waals surface area contributed by atoms with Gasteiger partial charge in [0.2, 0.25) is 5.89 Å². The Morgan fingerprint density at radius 1 is 0.970 bits per heavy atom. The van der Waals surface area contributed by atoms with Crippen LogP contribution in [0.1, 0.15) is 15.9 Å². The van der Waals surface area contributed by atoms with Gasteiger partial charge in [-0.05, 0) is 67.0 Å². The average molecular weight is 472 g/mol. The van der Waals surface area contributed by atoms with Gasteiger partial charge in [0.15, 0.2) is 10.7 Å². The number of halogens is 1. The van der Waals surface area contributed by atoms with E-state index < -0.39 is 0 Å². The lowest BCUT2D eigenvalue weighted by Gasteiger charge is -2.11. The maximum atomic E-state index is 12.9. The largest absolute Gasteiger partial charge is 0.436 e. The predicted molar refractivity (Wildman–Crippen MR) is 137 cm³/mol. The van der Waals surface area contributed by atoms with Gasteiger partial charge in [-0.3, -0.25) is 10.1 Å². The molecule has 0 radical (unpaired) electrons. The summed E-state index contributed by atoms with van der Waals surface area (Å²) in [4.78, 5) is 17.5. The number of oxazole rings is 1. The first kappa shape index (κ1) is 21.1.